The summed E-state index contributed by atoms with van der Waals surface area (Å²) >= 11 is 0. The predicted molar refractivity (Wildman–Crippen MR) is 64.5 cm³/mol. The third-order valence-electron chi connectivity index (χ3n) is 1.71. The molecular weight excluding hydrogens is 172 g/mol. The van der Waals surface area contributed by atoms with Crippen molar-refractivity contribution in [3.63, 3.8) is 0 Å². The summed E-state index contributed by atoms with van der Waals surface area (Å²) in [6.45, 7) is 11.6. The number of hydrogen-bond donors (Lipinski definition) is 0. The molecule has 0 saturated heterocycles. The van der Waals surface area contributed by atoms with Gasteiger partial charge in [0, 0.05) is 6.42 Å². The van der Waals surface area contributed by atoms with Crippen molar-refractivity contribution in [1.82, 2.24) is 0 Å². The standard InChI is InChI=1S/C7H14.C6H12O/c1-3-5-7-6-4-2;1-5(2)4-6(3)7/h3H,1,4-7H2,2H3;5H,4H2,1-3H3. The number of carbonyl (C=O) groups excluding carboxylic acids is 1. The fraction of sp³-hybridized carbons (Fsp3) is 0.769. The van der Waals surface area contributed by atoms with E-state index in [2.05, 4.69) is 13.5 Å². The van der Waals surface area contributed by atoms with Gasteiger partial charge >= 0.3 is 0 Å². The molecule has 0 heterocycles. The Hall–Kier alpha value is -0.590. The van der Waals surface area contributed by atoms with Gasteiger partial charge in [0.2, 0.25) is 0 Å². The first-order chi connectivity index (χ1) is 6.54. The van der Waals surface area contributed by atoms with Gasteiger partial charge in [0.1, 0.15) is 5.78 Å². The number of rotatable bonds is 6. The van der Waals surface area contributed by atoms with Gasteiger partial charge in [-0.25, -0.2) is 0 Å². The lowest BCUT2D eigenvalue weighted by Crippen LogP contribution is -1.95. The number of unbranched alkanes of at least 4 members (excludes halogenated alkanes) is 3. The largest absolute Gasteiger partial charge is 0.300 e. The summed E-state index contributed by atoms with van der Waals surface area (Å²) in [5.74, 6) is 0.813. The van der Waals surface area contributed by atoms with Crippen LogP contribution in [-0.2, 0) is 4.79 Å². The lowest BCUT2D eigenvalue weighted by Gasteiger charge is -1.95. The molecule has 0 atom stereocenters. The van der Waals surface area contributed by atoms with Crippen LogP contribution in [0.4, 0.5) is 0 Å². The van der Waals surface area contributed by atoms with Crippen molar-refractivity contribution in [2.75, 3.05) is 0 Å². The first-order valence-corrected chi connectivity index (χ1v) is 5.64. The average molecular weight is 198 g/mol. The highest BCUT2D eigenvalue weighted by Crippen LogP contribution is 1.98. The molecule has 0 fully saturated rings. The fourth-order valence-corrected chi connectivity index (χ4v) is 1.11. The van der Waals surface area contributed by atoms with Gasteiger partial charge in [-0.3, -0.25) is 0 Å². The molecule has 0 radical (unpaired) electrons. The predicted octanol–water partition coefficient (Wildman–Crippen LogP) is 4.37. The number of carbonyl (C=O) groups is 1. The van der Waals surface area contributed by atoms with Gasteiger partial charge in [0.15, 0.2) is 0 Å². The van der Waals surface area contributed by atoms with E-state index in [1.807, 2.05) is 19.9 Å². The van der Waals surface area contributed by atoms with Gasteiger partial charge in [0.25, 0.3) is 0 Å². The molecule has 0 unspecified atom stereocenters. The van der Waals surface area contributed by atoms with E-state index in [0.29, 0.717) is 5.92 Å². The average Bonchev–Trinajstić information content (AvgIpc) is 2.04. The molecule has 1 heteroatoms. The molecule has 84 valence electrons. The molecule has 0 bridgehead atoms. The normalized spacial score (nSPS) is 9.21. The number of allylic oxidation sites excluding steroid dienone is 1. The van der Waals surface area contributed by atoms with Crippen LogP contribution < -0.4 is 0 Å². The van der Waals surface area contributed by atoms with E-state index in [9.17, 15) is 4.79 Å². The van der Waals surface area contributed by atoms with Crippen molar-refractivity contribution < 1.29 is 4.79 Å². The Balaban J connectivity index is 0. The van der Waals surface area contributed by atoms with Crippen LogP contribution in [0.15, 0.2) is 12.7 Å². The minimum atomic E-state index is 0.287. The molecule has 0 aliphatic carbocycles. The SMILES string of the molecule is C=CCCCCC.CC(=O)CC(C)C. The Labute approximate surface area is 89.6 Å². The molecule has 0 rings (SSSR count). The summed E-state index contributed by atoms with van der Waals surface area (Å²) in [4.78, 5) is 10.3. The van der Waals surface area contributed by atoms with E-state index in [0.717, 1.165) is 6.42 Å². The van der Waals surface area contributed by atoms with Crippen LogP contribution in [0.25, 0.3) is 0 Å². The minimum absolute atomic E-state index is 0.287. The quantitative estimate of drug-likeness (QED) is 0.457. The molecule has 0 aromatic heterocycles. The summed E-state index contributed by atoms with van der Waals surface area (Å²) in [6, 6.07) is 0. The Morgan fingerprint density at radius 1 is 1.36 bits per heavy atom. The molecule has 0 amide bonds. The summed E-state index contributed by atoms with van der Waals surface area (Å²) in [6.07, 6.45) is 7.88. The van der Waals surface area contributed by atoms with Crippen molar-refractivity contribution in [3.05, 3.63) is 12.7 Å². The Bertz CT molecular complexity index is 136. The molecule has 14 heavy (non-hydrogen) atoms. The molecule has 1 nitrogen and oxygen atoms in total. The highest BCUT2D eigenvalue weighted by atomic mass is 16.1. The second kappa shape index (κ2) is 12.4. The van der Waals surface area contributed by atoms with Crippen LogP contribution in [0.2, 0.25) is 0 Å². The van der Waals surface area contributed by atoms with Gasteiger partial charge in [-0.15, -0.1) is 6.58 Å². The number of Topliss-reactive ketones (excluding diaryl/α,β-unsaturated/α-hetero) is 1. The lowest BCUT2D eigenvalue weighted by molar-refractivity contribution is -0.117. The van der Waals surface area contributed by atoms with Crippen molar-refractivity contribution in [3.8, 4) is 0 Å². The molecule has 0 N–H and O–H groups in total. The zero-order valence-electron chi connectivity index (χ0n) is 10.3. The maximum absolute atomic E-state index is 10.3. The Kier molecular flexibility index (Phi) is 14.1. The monoisotopic (exact) mass is 198 g/mol. The molecule has 0 spiro atoms. The zero-order chi connectivity index (χ0) is 11.4. The molecule has 0 aromatic carbocycles. The maximum atomic E-state index is 10.3. The molecule has 0 aromatic rings. The summed E-state index contributed by atoms with van der Waals surface area (Å²) in [5.41, 5.74) is 0. The summed E-state index contributed by atoms with van der Waals surface area (Å²) in [7, 11) is 0. The van der Waals surface area contributed by atoms with Gasteiger partial charge in [0.05, 0.1) is 0 Å². The molecular formula is C13H26O. The van der Waals surface area contributed by atoms with Crippen LogP contribution in [0, 0.1) is 5.92 Å². The Morgan fingerprint density at radius 3 is 2.14 bits per heavy atom. The lowest BCUT2D eigenvalue weighted by atomic mass is 10.1. The van der Waals surface area contributed by atoms with E-state index in [1.165, 1.54) is 25.7 Å². The second-order valence-electron chi connectivity index (χ2n) is 4.08. The van der Waals surface area contributed by atoms with E-state index < -0.39 is 0 Å². The topological polar surface area (TPSA) is 17.1 Å². The van der Waals surface area contributed by atoms with E-state index in [4.69, 9.17) is 0 Å². The van der Waals surface area contributed by atoms with Crippen molar-refractivity contribution in [2.24, 2.45) is 5.92 Å². The molecule has 0 aliphatic rings. The van der Waals surface area contributed by atoms with Crippen LogP contribution in [-0.4, -0.2) is 5.78 Å². The van der Waals surface area contributed by atoms with Crippen LogP contribution in [0.3, 0.4) is 0 Å². The van der Waals surface area contributed by atoms with E-state index >= 15 is 0 Å². The first-order valence-electron chi connectivity index (χ1n) is 5.64. The smallest absolute Gasteiger partial charge is 0.130 e. The van der Waals surface area contributed by atoms with Gasteiger partial charge in [-0.2, -0.15) is 0 Å². The summed E-state index contributed by atoms with van der Waals surface area (Å²) < 4.78 is 0. The van der Waals surface area contributed by atoms with Crippen molar-refractivity contribution in [2.45, 2.75) is 59.8 Å². The van der Waals surface area contributed by atoms with E-state index in [1.54, 1.807) is 6.92 Å². The Morgan fingerprint density at radius 2 is 1.93 bits per heavy atom. The van der Waals surface area contributed by atoms with Crippen LogP contribution >= 0.6 is 0 Å². The molecule has 0 saturated carbocycles. The first kappa shape index (κ1) is 15.9. The number of hydrogen-bond acceptors (Lipinski definition) is 1. The number of ketones is 1. The third kappa shape index (κ3) is 22.5. The highest BCUT2D eigenvalue weighted by molar-refractivity contribution is 5.75. The van der Waals surface area contributed by atoms with Gasteiger partial charge in [-0.05, 0) is 25.7 Å². The summed E-state index contributed by atoms with van der Waals surface area (Å²) in [5, 5.41) is 0. The second-order valence-corrected chi connectivity index (χ2v) is 4.08. The maximum Gasteiger partial charge on any atom is 0.130 e. The van der Waals surface area contributed by atoms with E-state index in [-0.39, 0.29) is 5.78 Å². The zero-order valence-corrected chi connectivity index (χ0v) is 10.3. The van der Waals surface area contributed by atoms with Crippen LogP contribution in [0.1, 0.15) is 59.8 Å². The van der Waals surface area contributed by atoms with Crippen molar-refractivity contribution in [1.29, 1.82) is 0 Å². The van der Waals surface area contributed by atoms with Gasteiger partial charge < -0.3 is 4.79 Å². The highest BCUT2D eigenvalue weighted by Gasteiger charge is 1.95. The fourth-order valence-electron chi connectivity index (χ4n) is 1.11. The van der Waals surface area contributed by atoms with Gasteiger partial charge in [-0.1, -0.05) is 39.7 Å². The minimum Gasteiger partial charge on any atom is -0.300 e. The van der Waals surface area contributed by atoms with Crippen molar-refractivity contribution >= 4 is 5.78 Å². The third-order valence-corrected chi connectivity index (χ3v) is 1.71. The van der Waals surface area contributed by atoms with Crippen LogP contribution in [0.5, 0.6) is 0 Å². The molecule has 0 aliphatic heterocycles.